The molecule has 0 aliphatic rings. The van der Waals surface area contributed by atoms with E-state index < -0.39 is 5.97 Å². The molecule has 0 aromatic carbocycles. The first-order valence-corrected chi connectivity index (χ1v) is 6.14. The van der Waals surface area contributed by atoms with Crippen molar-refractivity contribution >= 4 is 11.7 Å². The number of aromatic nitrogens is 2. The highest BCUT2D eigenvalue weighted by molar-refractivity contribution is 5.91. The van der Waals surface area contributed by atoms with Crippen molar-refractivity contribution in [2.45, 2.75) is 20.3 Å². The van der Waals surface area contributed by atoms with Crippen LogP contribution in [-0.4, -0.2) is 21.0 Å². The number of nitrogens with zero attached hydrogens (tertiary/aromatic N) is 2. The van der Waals surface area contributed by atoms with Gasteiger partial charge in [0.2, 0.25) is 5.88 Å². The number of hydrogen-bond acceptors (Lipinski definition) is 5. The highest BCUT2D eigenvalue weighted by atomic mass is 16.5. The highest BCUT2D eigenvalue weighted by Gasteiger charge is 2.16. The van der Waals surface area contributed by atoms with Crippen LogP contribution in [-0.2, 0) is 6.42 Å². The number of aryl methyl sites for hydroxylation is 2. The third kappa shape index (κ3) is 2.85. The summed E-state index contributed by atoms with van der Waals surface area (Å²) >= 11 is 0. The third-order valence-electron chi connectivity index (χ3n) is 2.72. The molecule has 2 rings (SSSR count). The maximum absolute atomic E-state index is 11.2. The molecule has 2 aromatic rings. The van der Waals surface area contributed by atoms with Crippen LogP contribution in [0.4, 0.5) is 5.69 Å². The zero-order valence-corrected chi connectivity index (χ0v) is 11.3. The smallest absolute Gasteiger partial charge is 0.341 e. The van der Waals surface area contributed by atoms with E-state index in [1.54, 1.807) is 12.1 Å². The molecule has 0 unspecified atom stereocenters. The van der Waals surface area contributed by atoms with Crippen molar-refractivity contribution < 1.29 is 14.6 Å². The fourth-order valence-electron chi connectivity index (χ4n) is 1.75. The molecule has 0 bridgehead atoms. The molecule has 0 spiro atoms. The van der Waals surface area contributed by atoms with E-state index in [9.17, 15) is 4.79 Å². The van der Waals surface area contributed by atoms with Crippen molar-refractivity contribution in [1.29, 1.82) is 0 Å². The SMILES string of the molecule is CCc1nc(C)ccc1Oc1ncc(N)cc1C(=O)O. The Morgan fingerprint density at radius 2 is 2.20 bits per heavy atom. The van der Waals surface area contributed by atoms with Gasteiger partial charge in [-0.15, -0.1) is 0 Å². The molecule has 2 aromatic heterocycles. The highest BCUT2D eigenvalue weighted by Crippen LogP contribution is 2.27. The molecule has 2 heterocycles. The summed E-state index contributed by atoms with van der Waals surface area (Å²) in [7, 11) is 0. The van der Waals surface area contributed by atoms with Crippen molar-refractivity contribution in [2.24, 2.45) is 0 Å². The molecule has 0 fully saturated rings. The van der Waals surface area contributed by atoms with Gasteiger partial charge in [0.05, 0.1) is 17.6 Å². The average Bonchev–Trinajstić information content (AvgIpc) is 2.42. The molecule has 0 aliphatic heterocycles. The van der Waals surface area contributed by atoms with E-state index in [0.29, 0.717) is 12.2 Å². The summed E-state index contributed by atoms with van der Waals surface area (Å²) in [6, 6.07) is 4.87. The van der Waals surface area contributed by atoms with Gasteiger partial charge in [-0.3, -0.25) is 4.98 Å². The van der Waals surface area contributed by atoms with Gasteiger partial charge in [-0.05, 0) is 31.5 Å². The molecule has 6 heteroatoms. The van der Waals surface area contributed by atoms with E-state index in [1.807, 2.05) is 13.8 Å². The molecule has 0 radical (unpaired) electrons. The third-order valence-corrected chi connectivity index (χ3v) is 2.72. The van der Waals surface area contributed by atoms with Crippen LogP contribution in [0.25, 0.3) is 0 Å². The molecule has 0 aliphatic carbocycles. The van der Waals surface area contributed by atoms with Crippen LogP contribution in [0.2, 0.25) is 0 Å². The molecule has 0 amide bonds. The molecule has 6 nitrogen and oxygen atoms in total. The molecule has 0 saturated heterocycles. The minimum atomic E-state index is -1.14. The van der Waals surface area contributed by atoms with Crippen LogP contribution >= 0.6 is 0 Å². The Balaban J connectivity index is 2.42. The summed E-state index contributed by atoms with van der Waals surface area (Å²) in [6.07, 6.45) is 2.03. The molecule has 0 saturated carbocycles. The van der Waals surface area contributed by atoms with Gasteiger partial charge in [0.25, 0.3) is 0 Å². The van der Waals surface area contributed by atoms with E-state index in [0.717, 1.165) is 11.4 Å². The molecule has 3 N–H and O–H groups in total. The Morgan fingerprint density at radius 1 is 1.45 bits per heavy atom. The van der Waals surface area contributed by atoms with Gasteiger partial charge < -0.3 is 15.6 Å². The van der Waals surface area contributed by atoms with Gasteiger partial charge in [-0.2, -0.15) is 0 Å². The van der Waals surface area contributed by atoms with Crippen molar-refractivity contribution in [3.8, 4) is 11.6 Å². The van der Waals surface area contributed by atoms with E-state index in [4.69, 9.17) is 15.6 Å². The lowest BCUT2D eigenvalue weighted by Gasteiger charge is -2.11. The van der Waals surface area contributed by atoms with E-state index in [1.165, 1.54) is 12.3 Å². The fourth-order valence-corrected chi connectivity index (χ4v) is 1.75. The van der Waals surface area contributed by atoms with Crippen molar-refractivity contribution in [2.75, 3.05) is 5.73 Å². The number of rotatable bonds is 4. The predicted octanol–water partition coefficient (Wildman–Crippen LogP) is 2.42. The molecule has 0 atom stereocenters. The van der Waals surface area contributed by atoms with Gasteiger partial charge in [0.1, 0.15) is 5.56 Å². The summed E-state index contributed by atoms with van der Waals surface area (Å²) < 4.78 is 5.59. The maximum atomic E-state index is 11.2. The Labute approximate surface area is 116 Å². The monoisotopic (exact) mass is 273 g/mol. The Kier molecular flexibility index (Phi) is 3.84. The fraction of sp³-hybridized carbons (Fsp3) is 0.214. The topological polar surface area (TPSA) is 98.3 Å². The second kappa shape index (κ2) is 5.56. The zero-order valence-electron chi connectivity index (χ0n) is 11.3. The van der Waals surface area contributed by atoms with Crippen molar-refractivity contribution in [3.63, 3.8) is 0 Å². The molecular formula is C14H15N3O3. The molecule has 104 valence electrons. The van der Waals surface area contributed by atoms with Gasteiger partial charge in [-0.25, -0.2) is 9.78 Å². The minimum Gasteiger partial charge on any atom is -0.477 e. The maximum Gasteiger partial charge on any atom is 0.341 e. The largest absolute Gasteiger partial charge is 0.477 e. The van der Waals surface area contributed by atoms with Gasteiger partial charge in [0.15, 0.2) is 5.75 Å². The lowest BCUT2D eigenvalue weighted by atomic mass is 10.2. The number of pyridine rings is 2. The van der Waals surface area contributed by atoms with Crippen LogP contribution in [0.5, 0.6) is 11.6 Å². The lowest BCUT2D eigenvalue weighted by Crippen LogP contribution is -2.05. The summed E-state index contributed by atoms with van der Waals surface area (Å²) in [6.45, 7) is 3.83. The van der Waals surface area contributed by atoms with Crippen LogP contribution < -0.4 is 10.5 Å². The summed E-state index contributed by atoms with van der Waals surface area (Å²) in [5, 5.41) is 9.15. The van der Waals surface area contributed by atoms with E-state index in [-0.39, 0.29) is 17.1 Å². The number of ether oxygens (including phenoxy) is 1. The second-order valence-corrected chi connectivity index (χ2v) is 4.28. The number of carboxylic acids is 1. The van der Waals surface area contributed by atoms with Crippen molar-refractivity contribution in [1.82, 2.24) is 9.97 Å². The molecular weight excluding hydrogens is 258 g/mol. The number of anilines is 1. The van der Waals surface area contributed by atoms with Crippen molar-refractivity contribution in [3.05, 3.63) is 41.3 Å². The first-order valence-electron chi connectivity index (χ1n) is 6.14. The number of aromatic carboxylic acids is 1. The number of carbonyl (C=O) groups is 1. The Morgan fingerprint density at radius 3 is 2.85 bits per heavy atom. The summed E-state index contributed by atoms with van der Waals surface area (Å²) in [4.78, 5) is 19.5. The lowest BCUT2D eigenvalue weighted by molar-refractivity contribution is 0.0693. The molecule has 20 heavy (non-hydrogen) atoms. The van der Waals surface area contributed by atoms with Crippen LogP contribution in [0.15, 0.2) is 24.4 Å². The van der Waals surface area contributed by atoms with Crippen LogP contribution in [0.1, 0.15) is 28.7 Å². The second-order valence-electron chi connectivity index (χ2n) is 4.28. The first kappa shape index (κ1) is 13.8. The summed E-state index contributed by atoms with van der Waals surface area (Å²) in [5.74, 6) is -0.636. The number of nitrogen functional groups attached to an aromatic ring is 1. The van der Waals surface area contributed by atoms with E-state index >= 15 is 0 Å². The van der Waals surface area contributed by atoms with Crippen LogP contribution in [0.3, 0.4) is 0 Å². The van der Waals surface area contributed by atoms with Gasteiger partial charge in [-0.1, -0.05) is 6.92 Å². The quantitative estimate of drug-likeness (QED) is 0.887. The summed E-state index contributed by atoms with van der Waals surface area (Å²) in [5.41, 5.74) is 7.36. The Hall–Kier alpha value is -2.63. The van der Waals surface area contributed by atoms with Gasteiger partial charge >= 0.3 is 5.97 Å². The zero-order chi connectivity index (χ0) is 14.7. The van der Waals surface area contributed by atoms with E-state index in [2.05, 4.69) is 9.97 Å². The van der Waals surface area contributed by atoms with Crippen LogP contribution in [0, 0.1) is 6.92 Å². The minimum absolute atomic E-state index is 0.00653. The van der Waals surface area contributed by atoms with Gasteiger partial charge in [0, 0.05) is 5.69 Å². The number of nitrogens with two attached hydrogens (primary N) is 1. The normalized spacial score (nSPS) is 10.3. The number of carboxylic acid groups (broad SMARTS) is 1. The average molecular weight is 273 g/mol. The number of hydrogen-bond donors (Lipinski definition) is 2. The standard InChI is InChI=1S/C14H15N3O3/c1-3-11-12(5-4-8(2)17-11)20-13-10(14(18)19)6-9(15)7-16-13/h4-7H,3,15H2,1-2H3,(H,18,19). The first-order chi connectivity index (χ1) is 9.51. The Bertz CT molecular complexity index is 656. The predicted molar refractivity (Wildman–Crippen MR) is 74.0 cm³/mol.